The lowest BCUT2D eigenvalue weighted by molar-refractivity contribution is -0.137. The van der Waals surface area contributed by atoms with E-state index < -0.39 is 28.6 Å². The number of nitrogens with zero attached hydrogens (tertiary/aromatic N) is 1. The molecule has 0 radical (unpaired) electrons. The Bertz CT molecular complexity index is 1330. The molecule has 1 atom stereocenters. The van der Waals surface area contributed by atoms with Gasteiger partial charge in [0.1, 0.15) is 5.82 Å². The molecule has 1 N–H and O–H groups in total. The molecule has 0 aliphatic rings. The van der Waals surface area contributed by atoms with Gasteiger partial charge in [-0.3, -0.25) is 10.3 Å². The zero-order valence-electron chi connectivity index (χ0n) is 20.2. The smallest absolute Gasteiger partial charge is 0.298 e. The average Bonchev–Trinajstić information content (AvgIpc) is 2.85. The van der Waals surface area contributed by atoms with Crippen molar-refractivity contribution in [2.24, 2.45) is 0 Å². The lowest BCUT2D eigenvalue weighted by Gasteiger charge is -2.36. The molecule has 0 spiro atoms. The maximum atomic E-state index is 14.7. The molecule has 1 unspecified atom stereocenters. The van der Waals surface area contributed by atoms with E-state index in [-0.39, 0.29) is 45.9 Å². The summed E-state index contributed by atoms with van der Waals surface area (Å²) >= 11 is 5.75. The molecule has 1 aromatic heterocycles. The number of nitrogens with one attached hydrogen (secondary N) is 1. The molecular formula is C28H22ClF7N2S. The van der Waals surface area contributed by atoms with Crippen LogP contribution in [0.3, 0.4) is 0 Å². The highest BCUT2D eigenvalue weighted by molar-refractivity contribution is 8.00. The number of allylic oxidation sites excluding steroid dienone is 3. The third kappa shape index (κ3) is 8.20. The van der Waals surface area contributed by atoms with Crippen LogP contribution in [0.15, 0.2) is 103 Å². The summed E-state index contributed by atoms with van der Waals surface area (Å²) in [5.41, 5.74) is -5.98. The van der Waals surface area contributed by atoms with Gasteiger partial charge in [0.25, 0.3) is 0 Å². The highest BCUT2D eigenvalue weighted by atomic mass is 35.5. The molecule has 0 aliphatic carbocycles. The first-order valence-electron chi connectivity index (χ1n) is 11.3. The van der Waals surface area contributed by atoms with E-state index >= 15 is 0 Å². The van der Waals surface area contributed by atoms with Gasteiger partial charge in [0.15, 0.2) is 0 Å². The van der Waals surface area contributed by atoms with Crippen LogP contribution in [0.5, 0.6) is 0 Å². The molecule has 1 heterocycles. The van der Waals surface area contributed by atoms with Gasteiger partial charge in [0.05, 0.1) is 21.8 Å². The Balaban J connectivity index is 2.18. The van der Waals surface area contributed by atoms with Crippen molar-refractivity contribution in [3.8, 4) is 0 Å². The van der Waals surface area contributed by atoms with Crippen LogP contribution in [0.2, 0.25) is 5.02 Å². The van der Waals surface area contributed by atoms with Crippen molar-refractivity contribution in [3.05, 3.63) is 131 Å². The molecule has 11 heteroatoms. The van der Waals surface area contributed by atoms with E-state index in [0.29, 0.717) is 17.2 Å². The predicted molar refractivity (Wildman–Crippen MR) is 140 cm³/mol. The largest absolute Gasteiger partial charge is 0.446 e. The SMILES string of the molecule is C=C/C=C(\C=C)CC(NCc1ccc(SC(F)(F)F)cc1)(c1cc(F)cc(C(F)(F)F)c1)c1ccc(Cl)cn1. The molecule has 39 heavy (non-hydrogen) atoms. The van der Waals surface area contributed by atoms with Crippen LogP contribution in [-0.4, -0.2) is 10.5 Å². The van der Waals surface area contributed by atoms with E-state index in [1.165, 1.54) is 54.7 Å². The van der Waals surface area contributed by atoms with Gasteiger partial charge in [-0.1, -0.05) is 55.1 Å². The van der Waals surface area contributed by atoms with E-state index in [1.807, 2.05) is 0 Å². The quantitative estimate of drug-likeness (QED) is 0.146. The Labute approximate surface area is 230 Å². The molecule has 206 valence electrons. The van der Waals surface area contributed by atoms with Crippen LogP contribution in [0.4, 0.5) is 30.7 Å². The second-order valence-corrected chi connectivity index (χ2v) is 9.97. The van der Waals surface area contributed by atoms with Gasteiger partial charge in [-0.2, -0.15) is 26.3 Å². The second kappa shape index (κ2) is 12.4. The van der Waals surface area contributed by atoms with Gasteiger partial charge in [-0.25, -0.2) is 4.39 Å². The van der Waals surface area contributed by atoms with E-state index in [1.54, 1.807) is 6.08 Å². The highest BCUT2D eigenvalue weighted by Gasteiger charge is 2.39. The van der Waals surface area contributed by atoms with Gasteiger partial charge in [-0.05, 0) is 70.9 Å². The van der Waals surface area contributed by atoms with Gasteiger partial charge >= 0.3 is 11.7 Å². The Hall–Kier alpha value is -3.08. The zero-order chi connectivity index (χ0) is 28.8. The second-order valence-electron chi connectivity index (χ2n) is 8.40. The summed E-state index contributed by atoms with van der Waals surface area (Å²) in [6, 6.07) is 10.7. The van der Waals surface area contributed by atoms with Crippen LogP contribution in [-0.2, 0) is 18.3 Å². The molecule has 0 amide bonds. The summed E-state index contributed by atoms with van der Waals surface area (Å²) < 4.78 is 93.9. The van der Waals surface area contributed by atoms with E-state index in [2.05, 4.69) is 23.5 Å². The zero-order valence-corrected chi connectivity index (χ0v) is 21.8. The minimum atomic E-state index is -4.83. The predicted octanol–water partition coefficient (Wildman–Crippen LogP) is 9.23. The first-order valence-corrected chi connectivity index (χ1v) is 12.5. The van der Waals surface area contributed by atoms with Gasteiger partial charge in [0, 0.05) is 24.1 Å². The maximum Gasteiger partial charge on any atom is 0.446 e. The number of alkyl halides is 6. The number of benzene rings is 2. The average molecular weight is 587 g/mol. The number of aromatic nitrogens is 1. The van der Waals surface area contributed by atoms with Crippen LogP contribution in [0, 0.1) is 5.82 Å². The van der Waals surface area contributed by atoms with Crippen molar-refractivity contribution >= 4 is 23.4 Å². The molecule has 2 nitrogen and oxygen atoms in total. The Kier molecular flexibility index (Phi) is 9.69. The van der Waals surface area contributed by atoms with Crippen LogP contribution < -0.4 is 5.32 Å². The first-order chi connectivity index (χ1) is 18.3. The van der Waals surface area contributed by atoms with Crippen LogP contribution in [0.1, 0.15) is 28.8 Å². The standard InChI is InChI=1S/C28H22ClF7N2S/c1-3-5-18(4-2)15-26(25-11-8-22(29)17-37-25,20-12-21(27(31,32)33)14-23(30)13-20)38-16-19-6-9-24(10-7-19)39-28(34,35)36/h3-14,17,38H,1-2,15-16H2/b18-5+. The molecule has 0 saturated carbocycles. The van der Waals surface area contributed by atoms with E-state index in [9.17, 15) is 30.7 Å². The number of hydrogen-bond acceptors (Lipinski definition) is 3. The summed E-state index contributed by atoms with van der Waals surface area (Å²) in [7, 11) is 0. The fourth-order valence-corrected chi connectivity index (χ4v) is 4.59. The summed E-state index contributed by atoms with van der Waals surface area (Å²) in [6.07, 6.45) is 1.01. The van der Waals surface area contributed by atoms with Gasteiger partial charge in [0.2, 0.25) is 0 Å². The molecule has 3 aromatic rings. The molecule has 3 rings (SSSR count). The molecular weight excluding hydrogens is 565 g/mol. The minimum Gasteiger partial charge on any atom is -0.298 e. The van der Waals surface area contributed by atoms with E-state index in [4.69, 9.17) is 11.6 Å². The normalized spacial score (nSPS) is 14.1. The van der Waals surface area contributed by atoms with E-state index in [0.717, 1.165) is 12.1 Å². The molecule has 0 saturated heterocycles. The Morgan fingerprint density at radius 3 is 2.15 bits per heavy atom. The fourth-order valence-electron chi connectivity index (χ4n) is 3.94. The Morgan fingerprint density at radius 2 is 1.62 bits per heavy atom. The first kappa shape index (κ1) is 30.5. The molecule has 0 bridgehead atoms. The van der Waals surface area contributed by atoms with Crippen molar-refractivity contribution in [2.75, 3.05) is 0 Å². The van der Waals surface area contributed by atoms with Gasteiger partial charge in [-0.15, -0.1) is 0 Å². The van der Waals surface area contributed by atoms with Crippen molar-refractivity contribution in [1.82, 2.24) is 10.3 Å². The van der Waals surface area contributed by atoms with Crippen molar-refractivity contribution in [2.45, 2.75) is 35.1 Å². The van der Waals surface area contributed by atoms with Gasteiger partial charge < -0.3 is 0 Å². The minimum absolute atomic E-state index is 0.0162. The third-order valence-corrected chi connectivity index (χ3v) is 6.66. The summed E-state index contributed by atoms with van der Waals surface area (Å²) in [6.45, 7) is 7.40. The number of thioether (sulfide) groups is 1. The topological polar surface area (TPSA) is 24.9 Å². The van der Waals surface area contributed by atoms with Crippen molar-refractivity contribution in [3.63, 3.8) is 0 Å². The lowest BCUT2D eigenvalue weighted by atomic mass is 9.79. The third-order valence-electron chi connectivity index (χ3n) is 5.70. The summed E-state index contributed by atoms with van der Waals surface area (Å²) in [5, 5.41) is 3.48. The van der Waals surface area contributed by atoms with Crippen molar-refractivity contribution < 1.29 is 30.7 Å². The van der Waals surface area contributed by atoms with Crippen LogP contribution >= 0.6 is 23.4 Å². The van der Waals surface area contributed by atoms with Crippen molar-refractivity contribution in [1.29, 1.82) is 0 Å². The Morgan fingerprint density at radius 1 is 0.949 bits per heavy atom. The molecule has 2 aromatic carbocycles. The number of rotatable bonds is 10. The van der Waals surface area contributed by atoms with Crippen LogP contribution in [0.25, 0.3) is 0 Å². The number of hydrogen-bond donors (Lipinski definition) is 1. The molecule has 0 aliphatic heterocycles. The summed E-state index contributed by atoms with van der Waals surface area (Å²) in [4.78, 5) is 4.32. The monoisotopic (exact) mass is 586 g/mol. The number of pyridine rings is 1. The number of halogens is 8. The summed E-state index contributed by atoms with van der Waals surface area (Å²) in [5.74, 6) is -1.11. The maximum absolute atomic E-state index is 14.7. The molecule has 0 fully saturated rings. The fraction of sp³-hybridized carbons (Fsp3) is 0.179. The highest BCUT2D eigenvalue weighted by Crippen LogP contribution is 2.40. The lowest BCUT2D eigenvalue weighted by Crippen LogP contribution is -2.44.